The van der Waals surface area contributed by atoms with Crippen LogP contribution in [0, 0.1) is 0 Å². The zero-order chi connectivity index (χ0) is 23.1. The van der Waals surface area contributed by atoms with Crippen LogP contribution in [0.2, 0.25) is 0 Å². The van der Waals surface area contributed by atoms with E-state index < -0.39 is 22.0 Å². The molecule has 1 heterocycles. The molecule has 168 valence electrons. The zero-order valence-corrected chi connectivity index (χ0v) is 18.4. The maximum absolute atomic E-state index is 12.5. The number of furan rings is 1. The maximum Gasteiger partial charge on any atom is 0.413 e. The predicted octanol–water partition coefficient (Wildman–Crippen LogP) is 3.60. The van der Waals surface area contributed by atoms with E-state index in [1.165, 1.54) is 35.4 Å². The fraction of sp³-hybridized carbons (Fsp3) is 0.182. The Hall–Kier alpha value is -3.63. The quantitative estimate of drug-likeness (QED) is 0.534. The highest BCUT2D eigenvalue weighted by Crippen LogP contribution is 2.19. The standard InChI is InChI=1S/C22H23N3O6S/c1-3-30-22(27)25(2)18-10-8-17(9-11-18)24-21(26)16-6-12-20(13-7-16)32(28,29)23-15-19-5-4-14-31-19/h4-14,23H,3,15H2,1-2H3,(H,24,26). The van der Waals surface area contributed by atoms with E-state index in [0.29, 0.717) is 22.7 Å². The third-order valence-corrected chi connectivity index (χ3v) is 5.91. The molecule has 2 aromatic carbocycles. The summed E-state index contributed by atoms with van der Waals surface area (Å²) in [5.74, 6) is 0.0908. The number of hydrogen-bond donors (Lipinski definition) is 2. The first-order chi connectivity index (χ1) is 15.3. The molecule has 0 spiro atoms. The van der Waals surface area contributed by atoms with Gasteiger partial charge in [-0.25, -0.2) is 17.9 Å². The summed E-state index contributed by atoms with van der Waals surface area (Å²) in [4.78, 5) is 25.7. The number of nitrogens with one attached hydrogen (secondary N) is 2. The summed E-state index contributed by atoms with van der Waals surface area (Å²) < 4.78 is 37.3. The highest BCUT2D eigenvalue weighted by Gasteiger charge is 2.16. The van der Waals surface area contributed by atoms with Crippen molar-refractivity contribution >= 4 is 33.4 Å². The van der Waals surface area contributed by atoms with Crippen molar-refractivity contribution < 1.29 is 27.2 Å². The van der Waals surface area contributed by atoms with Gasteiger partial charge in [-0.05, 0) is 67.6 Å². The van der Waals surface area contributed by atoms with E-state index in [4.69, 9.17) is 9.15 Å². The van der Waals surface area contributed by atoms with Crippen LogP contribution in [0.15, 0.2) is 76.2 Å². The lowest BCUT2D eigenvalue weighted by atomic mass is 10.2. The maximum atomic E-state index is 12.5. The van der Waals surface area contributed by atoms with Gasteiger partial charge < -0.3 is 14.5 Å². The molecule has 32 heavy (non-hydrogen) atoms. The number of rotatable bonds is 8. The van der Waals surface area contributed by atoms with Crippen LogP contribution in [0.1, 0.15) is 23.0 Å². The number of nitrogens with zero attached hydrogens (tertiary/aromatic N) is 1. The summed E-state index contributed by atoms with van der Waals surface area (Å²) in [6.07, 6.45) is 0.987. The van der Waals surface area contributed by atoms with Crippen LogP contribution in [-0.2, 0) is 21.3 Å². The van der Waals surface area contributed by atoms with E-state index >= 15 is 0 Å². The topological polar surface area (TPSA) is 118 Å². The minimum absolute atomic E-state index is 0.0267. The Morgan fingerprint density at radius 2 is 1.72 bits per heavy atom. The molecule has 0 saturated heterocycles. The van der Waals surface area contributed by atoms with Crippen molar-refractivity contribution in [3.63, 3.8) is 0 Å². The number of benzene rings is 2. The average Bonchev–Trinajstić information content (AvgIpc) is 3.32. The summed E-state index contributed by atoms with van der Waals surface area (Å²) in [7, 11) is -2.16. The first-order valence-electron chi connectivity index (χ1n) is 9.74. The van der Waals surface area contributed by atoms with E-state index in [1.54, 1.807) is 50.4 Å². The molecule has 1 aromatic heterocycles. The van der Waals surface area contributed by atoms with E-state index in [9.17, 15) is 18.0 Å². The van der Waals surface area contributed by atoms with Crippen molar-refractivity contribution in [3.05, 3.63) is 78.3 Å². The lowest BCUT2D eigenvalue weighted by molar-refractivity contribution is 0.102. The van der Waals surface area contributed by atoms with Crippen LogP contribution >= 0.6 is 0 Å². The molecule has 3 aromatic rings. The number of anilines is 2. The van der Waals surface area contributed by atoms with E-state index in [-0.39, 0.29) is 18.0 Å². The lowest BCUT2D eigenvalue weighted by Crippen LogP contribution is -2.26. The van der Waals surface area contributed by atoms with Gasteiger partial charge in [-0.15, -0.1) is 0 Å². The molecule has 0 aliphatic carbocycles. The number of carbonyl (C=O) groups is 2. The summed E-state index contributed by atoms with van der Waals surface area (Å²) in [6, 6.07) is 15.6. The Balaban J connectivity index is 1.61. The Bertz CT molecular complexity index is 1160. The molecule has 0 bridgehead atoms. The molecule has 9 nitrogen and oxygen atoms in total. The molecule has 0 radical (unpaired) electrons. The van der Waals surface area contributed by atoms with Crippen LogP contribution in [0.4, 0.5) is 16.2 Å². The van der Waals surface area contributed by atoms with Crippen molar-refractivity contribution in [1.82, 2.24) is 4.72 Å². The fourth-order valence-electron chi connectivity index (χ4n) is 2.75. The molecule has 0 aliphatic heterocycles. The highest BCUT2D eigenvalue weighted by atomic mass is 32.2. The normalized spacial score (nSPS) is 11.1. The molecular weight excluding hydrogens is 434 g/mol. The van der Waals surface area contributed by atoms with Gasteiger partial charge in [0, 0.05) is 24.0 Å². The summed E-state index contributed by atoms with van der Waals surface area (Å²) in [5, 5.41) is 2.73. The van der Waals surface area contributed by atoms with Crippen LogP contribution in [0.5, 0.6) is 0 Å². The smallest absolute Gasteiger partial charge is 0.413 e. The van der Waals surface area contributed by atoms with E-state index in [0.717, 1.165) is 0 Å². The van der Waals surface area contributed by atoms with Gasteiger partial charge in [-0.2, -0.15) is 0 Å². The Morgan fingerprint density at radius 1 is 1.03 bits per heavy atom. The van der Waals surface area contributed by atoms with Gasteiger partial charge in [0.2, 0.25) is 10.0 Å². The lowest BCUT2D eigenvalue weighted by Gasteiger charge is -2.17. The number of carbonyl (C=O) groups excluding carboxylic acids is 2. The van der Waals surface area contributed by atoms with E-state index in [2.05, 4.69) is 10.0 Å². The van der Waals surface area contributed by atoms with Gasteiger partial charge >= 0.3 is 6.09 Å². The van der Waals surface area contributed by atoms with Crippen molar-refractivity contribution in [2.24, 2.45) is 0 Å². The molecule has 0 fully saturated rings. The molecule has 0 unspecified atom stereocenters. The monoisotopic (exact) mass is 457 g/mol. The van der Waals surface area contributed by atoms with Crippen LogP contribution in [-0.4, -0.2) is 34.1 Å². The van der Waals surface area contributed by atoms with Crippen LogP contribution in [0.25, 0.3) is 0 Å². The number of hydrogen-bond acceptors (Lipinski definition) is 6. The van der Waals surface area contributed by atoms with Gasteiger partial charge in [0.15, 0.2) is 0 Å². The number of sulfonamides is 1. The first-order valence-corrected chi connectivity index (χ1v) is 11.2. The molecule has 0 aliphatic rings. The van der Waals surface area contributed by atoms with Gasteiger partial charge in [0.05, 0.1) is 24.3 Å². The van der Waals surface area contributed by atoms with Crippen molar-refractivity contribution in [1.29, 1.82) is 0 Å². The molecule has 0 saturated carbocycles. The highest BCUT2D eigenvalue weighted by molar-refractivity contribution is 7.89. The fourth-order valence-corrected chi connectivity index (χ4v) is 3.74. The van der Waals surface area contributed by atoms with E-state index in [1.807, 2.05) is 0 Å². The molecule has 3 rings (SSSR count). The van der Waals surface area contributed by atoms with Gasteiger partial charge in [0.25, 0.3) is 5.91 Å². The van der Waals surface area contributed by atoms with Crippen molar-refractivity contribution in [3.8, 4) is 0 Å². The molecule has 2 amide bonds. The van der Waals surface area contributed by atoms with Crippen molar-refractivity contribution in [2.45, 2.75) is 18.4 Å². The summed E-state index contributed by atoms with van der Waals surface area (Å²) in [6.45, 7) is 2.03. The second kappa shape index (κ2) is 10.1. The third kappa shape index (κ3) is 5.74. The van der Waals surface area contributed by atoms with Crippen LogP contribution in [0.3, 0.4) is 0 Å². The van der Waals surface area contributed by atoms with Gasteiger partial charge in [-0.1, -0.05) is 0 Å². The minimum Gasteiger partial charge on any atom is -0.468 e. The average molecular weight is 458 g/mol. The first kappa shape index (κ1) is 23.0. The minimum atomic E-state index is -3.75. The molecular formula is C22H23N3O6S. The Labute approximate surface area is 186 Å². The molecule has 2 N–H and O–H groups in total. The second-order valence-electron chi connectivity index (χ2n) is 6.69. The number of amides is 2. The Kier molecular flexibility index (Phi) is 7.29. The van der Waals surface area contributed by atoms with Crippen LogP contribution < -0.4 is 14.9 Å². The summed E-state index contributed by atoms with van der Waals surface area (Å²) in [5.41, 5.74) is 1.42. The number of ether oxygens (including phenoxy) is 1. The van der Waals surface area contributed by atoms with Crippen molar-refractivity contribution in [2.75, 3.05) is 23.9 Å². The molecule has 10 heteroatoms. The summed E-state index contributed by atoms with van der Waals surface area (Å²) >= 11 is 0. The second-order valence-corrected chi connectivity index (χ2v) is 8.45. The largest absolute Gasteiger partial charge is 0.468 e. The third-order valence-electron chi connectivity index (χ3n) is 4.50. The predicted molar refractivity (Wildman–Crippen MR) is 119 cm³/mol. The van der Waals surface area contributed by atoms with Gasteiger partial charge in [-0.3, -0.25) is 9.69 Å². The zero-order valence-electron chi connectivity index (χ0n) is 17.6. The SMILES string of the molecule is CCOC(=O)N(C)c1ccc(NC(=O)c2ccc(S(=O)(=O)NCc3ccco3)cc2)cc1. The molecule has 0 atom stereocenters. The van der Waals surface area contributed by atoms with Gasteiger partial charge in [0.1, 0.15) is 5.76 Å². The Morgan fingerprint density at radius 3 is 2.31 bits per heavy atom.